The number of carbonyl (C=O) groups is 1. The van der Waals surface area contributed by atoms with Gasteiger partial charge in [0.2, 0.25) is 5.91 Å². The number of thiol groups is 1. The van der Waals surface area contributed by atoms with Crippen molar-refractivity contribution in [2.24, 2.45) is 0 Å². The van der Waals surface area contributed by atoms with Crippen molar-refractivity contribution in [3.8, 4) is 0 Å². The summed E-state index contributed by atoms with van der Waals surface area (Å²) in [6.07, 6.45) is 1.39. The molecule has 0 bridgehead atoms. The van der Waals surface area contributed by atoms with E-state index in [0.29, 0.717) is 13.0 Å². The SMILES string of the molecule is CN(C(=O)Cc1ccc(S)cc1)C1CCOC1. The van der Waals surface area contributed by atoms with Crippen molar-refractivity contribution in [1.82, 2.24) is 4.90 Å². The summed E-state index contributed by atoms with van der Waals surface area (Å²) in [6, 6.07) is 7.94. The molecule has 1 aliphatic heterocycles. The average molecular weight is 251 g/mol. The summed E-state index contributed by atoms with van der Waals surface area (Å²) in [5, 5.41) is 0. The summed E-state index contributed by atoms with van der Waals surface area (Å²) in [6.45, 7) is 1.43. The van der Waals surface area contributed by atoms with Gasteiger partial charge in [0.1, 0.15) is 0 Å². The Morgan fingerprint density at radius 1 is 1.47 bits per heavy atom. The number of likely N-dealkylation sites (N-methyl/N-ethyl adjacent to an activating group) is 1. The molecule has 1 heterocycles. The van der Waals surface area contributed by atoms with Crippen molar-refractivity contribution < 1.29 is 9.53 Å². The lowest BCUT2D eigenvalue weighted by Crippen LogP contribution is -2.38. The fourth-order valence-corrected chi connectivity index (χ4v) is 2.09. The molecule has 17 heavy (non-hydrogen) atoms. The molecular weight excluding hydrogens is 234 g/mol. The highest BCUT2D eigenvalue weighted by Gasteiger charge is 2.23. The van der Waals surface area contributed by atoms with E-state index in [2.05, 4.69) is 12.6 Å². The first-order valence-electron chi connectivity index (χ1n) is 5.78. The van der Waals surface area contributed by atoms with E-state index in [4.69, 9.17) is 4.74 Å². The van der Waals surface area contributed by atoms with Crippen LogP contribution < -0.4 is 0 Å². The van der Waals surface area contributed by atoms with Gasteiger partial charge in [0.05, 0.1) is 19.1 Å². The van der Waals surface area contributed by atoms with Gasteiger partial charge in [0.25, 0.3) is 0 Å². The Hall–Kier alpha value is -1.00. The van der Waals surface area contributed by atoms with Crippen LogP contribution in [0.3, 0.4) is 0 Å². The van der Waals surface area contributed by atoms with Crippen LogP contribution in [-0.2, 0) is 16.0 Å². The normalized spacial score (nSPS) is 19.3. The minimum atomic E-state index is 0.146. The predicted octanol–water partition coefficient (Wildman–Crippen LogP) is 1.77. The van der Waals surface area contributed by atoms with Crippen LogP contribution in [0, 0.1) is 0 Å². The van der Waals surface area contributed by atoms with Gasteiger partial charge in [0.15, 0.2) is 0 Å². The Labute approximate surface area is 107 Å². The van der Waals surface area contributed by atoms with E-state index in [1.807, 2.05) is 36.2 Å². The average Bonchev–Trinajstić information content (AvgIpc) is 2.84. The smallest absolute Gasteiger partial charge is 0.227 e. The molecule has 3 nitrogen and oxygen atoms in total. The lowest BCUT2D eigenvalue weighted by atomic mass is 10.1. The highest BCUT2D eigenvalue weighted by molar-refractivity contribution is 7.80. The quantitative estimate of drug-likeness (QED) is 0.830. The highest BCUT2D eigenvalue weighted by atomic mass is 32.1. The summed E-state index contributed by atoms with van der Waals surface area (Å²) < 4.78 is 5.29. The zero-order valence-corrected chi connectivity index (χ0v) is 10.8. The van der Waals surface area contributed by atoms with Crippen molar-refractivity contribution in [2.45, 2.75) is 23.8 Å². The number of hydrogen-bond acceptors (Lipinski definition) is 3. The van der Waals surface area contributed by atoms with Crippen LogP contribution in [0.1, 0.15) is 12.0 Å². The molecule has 4 heteroatoms. The zero-order valence-electron chi connectivity index (χ0n) is 9.93. The van der Waals surface area contributed by atoms with Gasteiger partial charge in [-0.05, 0) is 24.1 Å². The third-order valence-corrected chi connectivity index (χ3v) is 3.44. The van der Waals surface area contributed by atoms with E-state index in [9.17, 15) is 4.79 Å². The van der Waals surface area contributed by atoms with Crippen LogP contribution in [0.15, 0.2) is 29.2 Å². The second-order valence-electron chi connectivity index (χ2n) is 4.37. The largest absolute Gasteiger partial charge is 0.379 e. The molecule has 0 aromatic heterocycles. The molecule has 1 aliphatic rings. The summed E-state index contributed by atoms with van der Waals surface area (Å²) >= 11 is 4.22. The topological polar surface area (TPSA) is 29.5 Å². The van der Waals surface area contributed by atoms with Gasteiger partial charge in [0, 0.05) is 18.6 Å². The van der Waals surface area contributed by atoms with Gasteiger partial charge < -0.3 is 9.64 Å². The lowest BCUT2D eigenvalue weighted by Gasteiger charge is -2.23. The van der Waals surface area contributed by atoms with Gasteiger partial charge >= 0.3 is 0 Å². The molecular formula is C13H17NO2S. The van der Waals surface area contributed by atoms with Gasteiger partial charge in [-0.1, -0.05) is 12.1 Å². The van der Waals surface area contributed by atoms with Crippen LogP contribution in [0.5, 0.6) is 0 Å². The number of hydrogen-bond donors (Lipinski definition) is 1. The summed E-state index contributed by atoms with van der Waals surface area (Å²) in [7, 11) is 1.86. The van der Waals surface area contributed by atoms with Crippen molar-refractivity contribution in [3.63, 3.8) is 0 Å². The maximum atomic E-state index is 12.0. The van der Waals surface area contributed by atoms with Gasteiger partial charge in [-0.25, -0.2) is 0 Å². The van der Waals surface area contributed by atoms with Crippen molar-refractivity contribution in [1.29, 1.82) is 0 Å². The fraction of sp³-hybridized carbons (Fsp3) is 0.462. The minimum absolute atomic E-state index is 0.146. The molecule has 2 rings (SSSR count). The van der Waals surface area contributed by atoms with Crippen LogP contribution in [-0.4, -0.2) is 37.1 Å². The maximum Gasteiger partial charge on any atom is 0.227 e. The second kappa shape index (κ2) is 5.56. The third kappa shape index (κ3) is 3.23. The predicted molar refractivity (Wildman–Crippen MR) is 69.4 cm³/mol. The van der Waals surface area contributed by atoms with Crippen LogP contribution >= 0.6 is 12.6 Å². The number of rotatable bonds is 3. The maximum absolute atomic E-state index is 12.0. The van der Waals surface area contributed by atoms with E-state index in [1.54, 1.807) is 0 Å². The molecule has 1 saturated heterocycles. The molecule has 0 aliphatic carbocycles. The van der Waals surface area contributed by atoms with E-state index in [-0.39, 0.29) is 11.9 Å². The van der Waals surface area contributed by atoms with Crippen LogP contribution in [0.4, 0.5) is 0 Å². The molecule has 1 aromatic carbocycles. The van der Waals surface area contributed by atoms with E-state index in [0.717, 1.165) is 23.5 Å². The van der Waals surface area contributed by atoms with Gasteiger partial charge in [-0.3, -0.25) is 4.79 Å². The first kappa shape index (κ1) is 12.5. The van der Waals surface area contributed by atoms with E-state index < -0.39 is 0 Å². The zero-order chi connectivity index (χ0) is 12.3. The Morgan fingerprint density at radius 2 is 2.18 bits per heavy atom. The molecule has 1 atom stereocenters. The molecule has 1 unspecified atom stereocenters. The lowest BCUT2D eigenvalue weighted by molar-refractivity contribution is -0.131. The van der Waals surface area contributed by atoms with Gasteiger partial charge in [-0.2, -0.15) is 0 Å². The van der Waals surface area contributed by atoms with Crippen LogP contribution in [0.2, 0.25) is 0 Å². The molecule has 1 amide bonds. The molecule has 0 saturated carbocycles. The molecule has 0 N–H and O–H groups in total. The summed E-state index contributed by atoms with van der Waals surface area (Å²) in [5.74, 6) is 0.146. The minimum Gasteiger partial charge on any atom is -0.379 e. The molecule has 1 aromatic rings. The Morgan fingerprint density at radius 3 is 2.76 bits per heavy atom. The molecule has 0 radical (unpaired) electrons. The Bertz CT molecular complexity index is 385. The summed E-state index contributed by atoms with van der Waals surface area (Å²) in [4.78, 5) is 14.8. The monoisotopic (exact) mass is 251 g/mol. The van der Waals surface area contributed by atoms with Crippen molar-refractivity contribution in [3.05, 3.63) is 29.8 Å². The highest BCUT2D eigenvalue weighted by Crippen LogP contribution is 2.13. The molecule has 0 spiro atoms. The standard InChI is InChI=1S/C13H17NO2S/c1-14(11-6-7-16-9-11)13(15)8-10-2-4-12(17)5-3-10/h2-5,11,17H,6-9H2,1H3. The number of ether oxygens (including phenoxy) is 1. The number of carbonyl (C=O) groups excluding carboxylic acids is 1. The number of benzene rings is 1. The fourth-order valence-electron chi connectivity index (χ4n) is 1.94. The first-order valence-corrected chi connectivity index (χ1v) is 6.23. The van der Waals surface area contributed by atoms with Crippen molar-refractivity contribution in [2.75, 3.05) is 20.3 Å². The second-order valence-corrected chi connectivity index (χ2v) is 4.88. The number of amides is 1. The van der Waals surface area contributed by atoms with Gasteiger partial charge in [-0.15, -0.1) is 12.6 Å². The Kier molecular flexibility index (Phi) is 4.07. The number of nitrogens with zero attached hydrogens (tertiary/aromatic N) is 1. The van der Waals surface area contributed by atoms with Crippen molar-refractivity contribution >= 4 is 18.5 Å². The molecule has 92 valence electrons. The van der Waals surface area contributed by atoms with Crippen LogP contribution in [0.25, 0.3) is 0 Å². The van der Waals surface area contributed by atoms with E-state index in [1.165, 1.54) is 0 Å². The Balaban J connectivity index is 1.93. The summed E-state index contributed by atoms with van der Waals surface area (Å²) in [5.41, 5.74) is 1.03. The first-order chi connectivity index (χ1) is 8.16. The molecule has 1 fully saturated rings. The third-order valence-electron chi connectivity index (χ3n) is 3.14. The van der Waals surface area contributed by atoms with E-state index >= 15 is 0 Å².